The van der Waals surface area contributed by atoms with Gasteiger partial charge in [-0.25, -0.2) is 14.0 Å². The molecule has 0 radical (unpaired) electrons. The highest BCUT2D eigenvalue weighted by Gasteiger charge is 2.28. The molecule has 2 N–H and O–H groups in total. The van der Waals surface area contributed by atoms with Gasteiger partial charge in [-0.15, -0.1) is 0 Å². The van der Waals surface area contributed by atoms with Gasteiger partial charge >= 0.3 is 11.9 Å². The number of hydrogen-bond acceptors (Lipinski definition) is 7. The first-order valence-corrected chi connectivity index (χ1v) is 20.9. The summed E-state index contributed by atoms with van der Waals surface area (Å²) in [6, 6.07) is 16.2. The summed E-state index contributed by atoms with van der Waals surface area (Å²) in [5.41, 5.74) is 7.44. The number of benzene rings is 3. The monoisotopic (exact) mass is 784 g/mol. The number of aliphatic hydroxyl groups is 2. The van der Waals surface area contributed by atoms with Crippen molar-refractivity contribution in [1.82, 2.24) is 0 Å². The Morgan fingerprint density at radius 3 is 1.82 bits per heavy atom. The molecule has 4 rings (SSSR count). The predicted molar refractivity (Wildman–Crippen MR) is 227 cm³/mol. The lowest BCUT2D eigenvalue weighted by Crippen LogP contribution is -2.31. The quantitative estimate of drug-likeness (QED) is 0.0594. The summed E-state index contributed by atoms with van der Waals surface area (Å²) in [4.78, 5) is 24.3. The lowest BCUT2D eigenvalue weighted by atomic mass is 9.79. The van der Waals surface area contributed by atoms with Gasteiger partial charge in [-0.05, 0) is 141 Å². The van der Waals surface area contributed by atoms with Crippen molar-refractivity contribution in [3.05, 3.63) is 101 Å². The zero-order chi connectivity index (χ0) is 41.5. The van der Waals surface area contributed by atoms with Crippen molar-refractivity contribution in [2.75, 3.05) is 33.0 Å². The van der Waals surface area contributed by atoms with Crippen molar-refractivity contribution in [3.8, 4) is 28.0 Å². The average molecular weight is 785 g/mol. The summed E-state index contributed by atoms with van der Waals surface area (Å²) in [6.45, 7) is 17.4. The first kappa shape index (κ1) is 45.4. The number of rotatable bonds is 22. The van der Waals surface area contributed by atoms with Crippen LogP contribution in [-0.4, -0.2) is 55.2 Å². The van der Waals surface area contributed by atoms with Crippen LogP contribution >= 0.6 is 0 Å². The molecule has 57 heavy (non-hydrogen) atoms. The molecule has 1 fully saturated rings. The molecular formula is C49H65FO7. The van der Waals surface area contributed by atoms with E-state index in [0.29, 0.717) is 66.9 Å². The van der Waals surface area contributed by atoms with E-state index in [1.165, 1.54) is 12.8 Å². The van der Waals surface area contributed by atoms with E-state index in [1.54, 1.807) is 19.9 Å². The van der Waals surface area contributed by atoms with Gasteiger partial charge in [0.15, 0.2) is 0 Å². The van der Waals surface area contributed by atoms with Crippen LogP contribution in [0.25, 0.3) is 22.3 Å². The molecule has 0 aliphatic heterocycles. The van der Waals surface area contributed by atoms with Gasteiger partial charge < -0.3 is 24.4 Å². The van der Waals surface area contributed by atoms with Crippen LogP contribution in [-0.2, 0) is 38.3 Å². The molecule has 1 saturated carbocycles. The maximum absolute atomic E-state index is 15.8. The third kappa shape index (κ3) is 12.6. The highest BCUT2D eigenvalue weighted by atomic mass is 19.1. The van der Waals surface area contributed by atoms with Gasteiger partial charge in [0.25, 0.3) is 0 Å². The van der Waals surface area contributed by atoms with E-state index in [0.717, 1.165) is 70.5 Å². The lowest BCUT2D eigenvalue weighted by Gasteiger charge is -2.30. The number of aliphatic hydroxyl groups excluding tert-OH is 2. The Morgan fingerprint density at radius 1 is 0.754 bits per heavy atom. The van der Waals surface area contributed by atoms with E-state index in [-0.39, 0.29) is 38.9 Å². The summed E-state index contributed by atoms with van der Waals surface area (Å²) < 4.78 is 33.3. The summed E-state index contributed by atoms with van der Waals surface area (Å²) in [7, 11) is 0. The molecule has 0 amide bonds. The Kier molecular flexibility index (Phi) is 17.6. The Hall–Kier alpha value is -4.27. The normalized spacial score (nSPS) is 15.6. The molecule has 3 aromatic rings. The number of aryl methyl sites for hydroxylation is 3. The van der Waals surface area contributed by atoms with Crippen LogP contribution in [0.15, 0.2) is 72.8 Å². The van der Waals surface area contributed by atoms with Gasteiger partial charge in [0.2, 0.25) is 0 Å². The molecular weight excluding hydrogens is 720 g/mol. The number of carbonyl (C=O) groups is 2. The lowest BCUT2D eigenvalue weighted by molar-refractivity contribution is -0.139. The molecule has 8 heteroatoms. The second-order valence-corrected chi connectivity index (χ2v) is 16.2. The Balaban J connectivity index is 1.72. The highest BCUT2D eigenvalue weighted by molar-refractivity contribution is 5.87. The van der Waals surface area contributed by atoms with E-state index in [1.807, 2.05) is 19.1 Å². The van der Waals surface area contributed by atoms with E-state index in [4.69, 9.17) is 14.2 Å². The van der Waals surface area contributed by atoms with Crippen molar-refractivity contribution >= 4 is 11.9 Å². The number of halogens is 1. The molecule has 3 aromatic carbocycles. The Bertz CT molecular complexity index is 1780. The van der Waals surface area contributed by atoms with Crippen LogP contribution in [0.1, 0.15) is 121 Å². The van der Waals surface area contributed by atoms with Crippen molar-refractivity contribution in [2.24, 2.45) is 11.3 Å². The van der Waals surface area contributed by atoms with Crippen LogP contribution in [0.3, 0.4) is 0 Å². The number of carbonyl (C=O) groups excluding carboxylic acids is 2. The topological polar surface area (TPSA) is 102 Å². The zero-order valence-electron chi connectivity index (χ0n) is 35.0. The maximum atomic E-state index is 15.8. The van der Waals surface area contributed by atoms with Gasteiger partial charge in [-0.2, -0.15) is 0 Å². The molecule has 0 aromatic heterocycles. The van der Waals surface area contributed by atoms with Crippen molar-refractivity contribution in [3.63, 3.8) is 0 Å². The zero-order valence-corrected chi connectivity index (χ0v) is 35.0. The number of esters is 2. The SMILES string of the molecule is C=C(C)C(=O)OCCCc1cc(-c2ccc(-c3ccc(C4CCC(C)CC4)cc3F)cc2CC)cc(CCCOC(=O)C(=C)C)c1OCCC(CO)(CO)CCC. The van der Waals surface area contributed by atoms with E-state index < -0.39 is 17.4 Å². The summed E-state index contributed by atoms with van der Waals surface area (Å²) in [5.74, 6) is 0.771. The fraction of sp³-hybridized carbons (Fsp3) is 0.510. The Labute approximate surface area is 340 Å². The third-order valence-corrected chi connectivity index (χ3v) is 11.5. The van der Waals surface area contributed by atoms with Crippen molar-refractivity contribution in [1.29, 1.82) is 0 Å². The van der Waals surface area contributed by atoms with Crippen LogP contribution in [0.5, 0.6) is 5.75 Å². The summed E-state index contributed by atoms with van der Waals surface area (Å²) >= 11 is 0. The van der Waals surface area contributed by atoms with Crippen LogP contribution < -0.4 is 4.74 Å². The first-order chi connectivity index (χ1) is 27.3. The standard InChI is InChI=1S/C49H65FO7/c1-8-22-49(31-51,32-52)23-26-55-46-40(12-10-24-56-47(53)33(3)4)28-42(29-41(46)13-11-25-57-48(54)34(5)6)43-20-19-39(27-36(43)9-2)44-21-18-38(30-45(44)50)37-16-14-35(7)15-17-37/h18-21,27-30,35,37,51-52H,3,5,8-17,22-26,31-32H2,1-2,4,6-7H3. The highest BCUT2D eigenvalue weighted by Crippen LogP contribution is 2.39. The third-order valence-electron chi connectivity index (χ3n) is 11.5. The van der Waals surface area contributed by atoms with Gasteiger partial charge in [0.05, 0.1) is 33.0 Å². The minimum absolute atomic E-state index is 0.148. The Morgan fingerprint density at radius 2 is 1.32 bits per heavy atom. The first-order valence-electron chi connectivity index (χ1n) is 20.9. The molecule has 0 saturated heterocycles. The maximum Gasteiger partial charge on any atom is 0.333 e. The van der Waals surface area contributed by atoms with Crippen molar-refractivity contribution < 1.29 is 38.4 Å². The molecule has 0 unspecified atom stereocenters. The summed E-state index contributed by atoms with van der Waals surface area (Å²) in [6.07, 6.45) is 9.40. The van der Waals surface area contributed by atoms with Crippen LogP contribution in [0, 0.1) is 17.2 Å². The van der Waals surface area contributed by atoms with Gasteiger partial charge in [0, 0.05) is 22.1 Å². The van der Waals surface area contributed by atoms with Gasteiger partial charge in [0.1, 0.15) is 11.6 Å². The van der Waals surface area contributed by atoms with E-state index >= 15 is 4.39 Å². The van der Waals surface area contributed by atoms with E-state index in [2.05, 4.69) is 57.3 Å². The minimum atomic E-state index is -0.658. The molecule has 0 spiro atoms. The minimum Gasteiger partial charge on any atom is -0.493 e. The molecule has 0 bridgehead atoms. The molecule has 0 atom stereocenters. The average Bonchev–Trinajstić information content (AvgIpc) is 3.20. The van der Waals surface area contributed by atoms with E-state index in [9.17, 15) is 19.8 Å². The molecule has 310 valence electrons. The fourth-order valence-electron chi connectivity index (χ4n) is 7.91. The predicted octanol–water partition coefficient (Wildman–Crippen LogP) is 10.7. The van der Waals surface area contributed by atoms with Gasteiger partial charge in [-0.1, -0.05) is 83.5 Å². The second kappa shape index (κ2) is 22.0. The number of hydrogen-bond donors (Lipinski definition) is 2. The van der Waals surface area contributed by atoms with Crippen molar-refractivity contribution in [2.45, 2.75) is 118 Å². The smallest absolute Gasteiger partial charge is 0.333 e. The second-order valence-electron chi connectivity index (χ2n) is 16.2. The van der Waals surface area contributed by atoms with Crippen LogP contribution in [0.2, 0.25) is 0 Å². The molecule has 0 heterocycles. The summed E-state index contributed by atoms with van der Waals surface area (Å²) in [5, 5.41) is 20.5. The fourth-order valence-corrected chi connectivity index (χ4v) is 7.91. The van der Waals surface area contributed by atoms with Gasteiger partial charge in [-0.3, -0.25) is 0 Å². The molecule has 7 nitrogen and oxygen atoms in total. The molecule has 1 aliphatic rings. The number of ether oxygens (including phenoxy) is 3. The molecule has 1 aliphatic carbocycles. The van der Waals surface area contributed by atoms with Crippen LogP contribution in [0.4, 0.5) is 4.39 Å². The largest absolute Gasteiger partial charge is 0.493 e.